The number of nitrogens with zero attached hydrogens (tertiary/aromatic N) is 4. The second-order valence-electron chi connectivity index (χ2n) is 6.44. The first-order valence-corrected chi connectivity index (χ1v) is 8.08. The van der Waals surface area contributed by atoms with Crippen LogP contribution in [0.5, 0.6) is 0 Å². The van der Waals surface area contributed by atoms with Crippen LogP contribution in [-0.4, -0.2) is 32.4 Å². The van der Waals surface area contributed by atoms with E-state index in [1.165, 1.54) is 16.8 Å². The number of aryl methyl sites for hydroxylation is 2. The molecule has 0 radical (unpaired) electrons. The number of imidazole rings is 1. The third kappa shape index (κ3) is 3.59. The highest BCUT2D eigenvalue weighted by Crippen LogP contribution is 2.13. The lowest BCUT2D eigenvalue weighted by atomic mass is 10.1. The minimum atomic E-state index is 0.412. The average Bonchev–Trinajstić information content (AvgIpc) is 2.90. The second-order valence-corrected chi connectivity index (χ2v) is 6.44. The van der Waals surface area contributed by atoms with Gasteiger partial charge >= 0.3 is 0 Å². The molecule has 4 heteroatoms. The normalized spacial score (nSPS) is 12.9. The van der Waals surface area contributed by atoms with Gasteiger partial charge in [-0.15, -0.1) is 0 Å². The van der Waals surface area contributed by atoms with Gasteiger partial charge in [-0.2, -0.15) is 0 Å². The van der Waals surface area contributed by atoms with Crippen molar-refractivity contribution in [1.29, 1.82) is 0 Å². The van der Waals surface area contributed by atoms with Crippen LogP contribution in [0.1, 0.15) is 29.4 Å². The Hall–Kier alpha value is -2.20. The van der Waals surface area contributed by atoms with Crippen molar-refractivity contribution in [2.24, 2.45) is 0 Å². The quantitative estimate of drug-likeness (QED) is 0.724. The average molecular weight is 308 g/mol. The van der Waals surface area contributed by atoms with Crippen LogP contribution in [0.25, 0.3) is 5.65 Å². The van der Waals surface area contributed by atoms with Crippen molar-refractivity contribution in [3.8, 4) is 0 Å². The molecule has 3 aromatic heterocycles. The highest BCUT2D eigenvalue weighted by Gasteiger charge is 2.14. The van der Waals surface area contributed by atoms with Crippen molar-refractivity contribution in [2.45, 2.75) is 39.8 Å². The van der Waals surface area contributed by atoms with Gasteiger partial charge in [-0.25, -0.2) is 4.98 Å². The van der Waals surface area contributed by atoms with Gasteiger partial charge in [-0.05, 0) is 51.1 Å². The summed E-state index contributed by atoms with van der Waals surface area (Å²) < 4.78 is 2.10. The molecule has 3 aromatic rings. The molecule has 4 nitrogen and oxygen atoms in total. The van der Waals surface area contributed by atoms with Crippen LogP contribution >= 0.6 is 0 Å². The number of hydrogen-bond acceptors (Lipinski definition) is 3. The first kappa shape index (κ1) is 15.7. The molecule has 0 aliphatic carbocycles. The Balaban J connectivity index is 1.69. The molecule has 23 heavy (non-hydrogen) atoms. The maximum absolute atomic E-state index is 4.71. The van der Waals surface area contributed by atoms with E-state index in [9.17, 15) is 0 Å². The van der Waals surface area contributed by atoms with Crippen LogP contribution < -0.4 is 0 Å². The number of aromatic nitrogens is 3. The monoisotopic (exact) mass is 308 g/mol. The van der Waals surface area contributed by atoms with E-state index in [1.54, 1.807) is 0 Å². The van der Waals surface area contributed by atoms with Gasteiger partial charge in [0, 0.05) is 43.3 Å². The van der Waals surface area contributed by atoms with Crippen molar-refractivity contribution in [1.82, 2.24) is 19.3 Å². The van der Waals surface area contributed by atoms with Gasteiger partial charge in [-0.3, -0.25) is 9.88 Å². The molecule has 0 aliphatic rings. The number of hydrogen-bond donors (Lipinski definition) is 0. The molecule has 0 bridgehead atoms. The molecule has 0 N–H and O–H groups in total. The zero-order valence-electron chi connectivity index (χ0n) is 14.3. The predicted molar refractivity (Wildman–Crippen MR) is 93.5 cm³/mol. The molecule has 0 unspecified atom stereocenters. The molecular formula is C19H24N4. The van der Waals surface area contributed by atoms with Crippen molar-refractivity contribution >= 4 is 5.65 Å². The van der Waals surface area contributed by atoms with Gasteiger partial charge in [0.05, 0.1) is 5.69 Å². The Kier molecular flexibility index (Phi) is 4.44. The summed E-state index contributed by atoms with van der Waals surface area (Å²) in [6, 6.07) is 8.70. The Bertz CT molecular complexity index is 806. The Morgan fingerprint density at radius 1 is 1.17 bits per heavy atom. The zero-order chi connectivity index (χ0) is 16.4. The molecule has 120 valence electrons. The maximum Gasteiger partial charge on any atom is 0.137 e. The molecule has 3 rings (SSSR count). The van der Waals surface area contributed by atoms with Gasteiger partial charge in [-0.1, -0.05) is 12.1 Å². The fraction of sp³-hybridized carbons (Fsp3) is 0.368. The predicted octanol–water partition coefficient (Wildman–Crippen LogP) is 3.41. The fourth-order valence-electron chi connectivity index (χ4n) is 2.81. The highest BCUT2D eigenvalue weighted by molar-refractivity contribution is 5.41. The van der Waals surface area contributed by atoms with E-state index < -0.39 is 0 Å². The maximum atomic E-state index is 4.71. The van der Waals surface area contributed by atoms with E-state index >= 15 is 0 Å². The molecule has 0 saturated carbocycles. The molecule has 1 atom stereocenters. The minimum absolute atomic E-state index is 0.412. The second kappa shape index (κ2) is 6.50. The first-order valence-electron chi connectivity index (χ1n) is 8.08. The van der Waals surface area contributed by atoms with Crippen molar-refractivity contribution < 1.29 is 0 Å². The van der Waals surface area contributed by atoms with Crippen molar-refractivity contribution in [3.63, 3.8) is 0 Å². The molecule has 0 spiro atoms. The van der Waals surface area contributed by atoms with Crippen LogP contribution in [0.2, 0.25) is 0 Å². The molecule has 0 aliphatic heterocycles. The summed E-state index contributed by atoms with van der Waals surface area (Å²) in [7, 11) is 2.15. The largest absolute Gasteiger partial charge is 0.307 e. The Labute approximate surface area is 137 Å². The fourth-order valence-corrected chi connectivity index (χ4v) is 2.81. The van der Waals surface area contributed by atoms with Gasteiger partial charge < -0.3 is 4.40 Å². The van der Waals surface area contributed by atoms with Gasteiger partial charge in [0.15, 0.2) is 0 Å². The third-order valence-corrected chi connectivity index (χ3v) is 4.42. The van der Waals surface area contributed by atoms with E-state index in [-0.39, 0.29) is 0 Å². The van der Waals surface area contributed by atoms with Gasteiger partial charge in [0.1, 0.15) is 5.65 Å². The summed E-state index contributed by atoms with van der Waals surface area (Å²) in [4.78, 5) is 11.5. The number of pyridine rings is 2. The zero-order valence-corrected chi connectivity index (χ0v) is 14.3. The minimum Gasteiger partial charge on any atom is -0.307 e. The lowest BCUT2D eigenvalue weighted by Gasteiger charge is -2.24. The highest BCUT2D eigenvalue weighted by atomic mass is 15.1. The van der Waals surface area contributed by atoms with E-state index in [4.69, 9.17) is 4.98 Å². The SMILES string of the molecule is Cc1ccc2nc(CN(C)[C@@H](C)Cc3ncccc3C)cn2c1. The van der Waals surface area contributed by atoms with E-state index in [1.807, 2.05) is 12.3 Å². The standard InChI is InChI=1S/C19H24N4/c1-14-7-8-19-21-17(13-23(19)11-14)12-22(4)16(3)10-18-15(2)6-5-9-20-18/h5-9,11,13,16H,10,12H2,1-4H3/t16-/m0/s1. The van der Waals surface area contributed by atoms with E-state index in [2.05, 4.69) is 72.7 Å². The molecule has 0 amide bonds. The molecule has 0 fully saturated rings. The lowest BCUT2D eigenvalue weighted by molar-refractivity contribution is 0.244. The summed E-state index contributed by atoms with van der Waals surface area (Å²) in [6.45, 7) is 7.31. The van der Waals surface area contributed by atoms with E-state index in [0.717, 1.165) is 24.3 Å². The molecule has 3 heterocycles. The smallest absolute Gasteiger partial charge is 0.137 e. The third-order valence-electron chi connectivity index (χ3n) is 4.42. The summed E-state index contributed by atoms with van der Waals surface area (Å²) in [6.07, 6.45) is 7.07. The molecular weight excluding hydrogens is 284 g/mol. The Morgan fingerprint density at radius 3 is 2.78 bits per heavy atom. The van der Waals surface area contributed by atoms with Crippen molar-refractivity contribution in [2.75, 3.05) is 7.05 Å². The summed E-state index contributed by atoms with van der Waals surface area (Å²) >= 11 is 0. The van der Waals surface area contributed by atoms with Gasteiger partial charge in [0.2, 0.25) is 0 Å². The topological polar surface area (TPSA) is 33.4 Å². The molecule has 0 aromatic carbocycles. The summed E-state index contributed by atoms with van der Waals surface area (Å²) in [5, 5.41) is 0. The Morgan fingerprint density at radius 2 is 2.00 bits per heavy atom. The van der Waals surface area contributed by atoms with E-state index in [0.29, 0.717) is 6.04 Å². The van der Waals surface area contributed by atoms with Gasteiger partial charge in [0.25, 0.3) is 0 Å². The number of fused-ring (bicyclic) bond motifs is 1. The van der Waals surface area contributed by atoms with Crippen LogP contribution in [0, 0.1) is 13.8 Å². The van der Waals surface area contributed by atoms with Crippen LogP contribution in [-0.2, 0) is 13.0 Å². The van der Waals surface area contributed by atoms with Crippen LogP contribution in [0.15, 0.2) is 42.9 Å². The van der Waals surface area contributed by atoms with Crippen molar-refractivity contribution in [3.05, 3.63) is 65.4 Å². The molecule has 0 saturated heterocycles. The van der Waals surface area contributed by atoms with Crippen LogP contribution in [0.3, 0.4) is 0 Å². The number of likely N-dealkylation sites (N-methyl/N-ethyl adjacent to an activating group) is 1. The lowest BCUT2D eigenvalue weighted by Crippen LogP contribution is -2.31. The summed E-state index contributed by atoms with van der Waals surface area (Å²) in [5.41, 5.74) is 5.79. The first-order chi connectivity index (χ1) is 11.0. The van der Waals surface area contributed by atoms with Crippen LogP contribution in [0.4, 0.5) is 0 Å². The summed E-state index contributed by atoms with van der Waals surface area (Å²) in [5.74, 6) is 0. The number of rotatable bonds is 5.